The summed E-state index contributed by atoms with van der Waals surface area (Å²) >= 11 is 0. The van der Waals surface area contributed by atoms with E-state index in [-0.39, 0.29) is 24.9 Å². The van der Waals surface area contributed by atoms with Crippen molar-refractivity contribution in [1.29, 1.82) is 0 Å². The van der Waals surface area contributed by atoms with Crippen molar-refractivity contribution in [3.8, 4) is 0 Å². The van der Waals surface area contributed by atoms with E-state index in [0.29, 0.717) is 0 Å². The van der Waals surface area contributed by atoms with Crippen molar-refractivity contribution in [1.82, 2.24) is 9.47 Å². The Morgan fingerprint density at radius 2 is 2.04 bits per heavy atom. The number of amides is 1. The first-order chi connectivity index (χ1) is 10.7. The number of carbonyl (C=O) groups excluding carboxylic acids is 1. The highest BCUT2D eigenvalue weighted by Crippen LogP contribution is 2.33. The van der Waals surface area contributed by atoms with Crippen LogP contribution in [-0.4, -0.2) is 45.7 Å². The molecule has 0 aliphatic carbocycles. The summed E-state index contributed by atoms with van der Waals surface area (Å²) < 4.78 is 39.2. The van der Waals surface area contributed by atoms with Gasteiger partial charge in [-0.15, -0.1) is 0 Å². The van der Waals surface area contributed by atoms with Crippen molar-refractivity contribution >= 4 is 11.9 Å². The summed E-state index contributed by atoms with van der Waals surface area (Å²) in [5.41, 5.74) is -1.15. The molecule has 0 aromatic carbocycles. The zero-order chi connectivity index (χ0) is 17.2. The number of nitrogens with zero attached hydrogens (tertiary/aromatic N) is 2. The number of halogens is 3. The number of likely N-dealkylation sites (tertiary alicyclic amines) is 1. The van der Waals surface area contributed by atoms with Crippen molar-refractivity contribution in [3.05, 3.63) is 34.2 Å². The summed E-state index contributed by atoms with van der Waals surface area (Å²) in [5.74, 6) is -3.67. The lowest BCUT2D eigenvalue weighted by Gasteiger charge is -2.33. The molecule has 1 aromatic heterocycles. The number of pyridine rings is 1. The van der Waals surface area contributed by atoms with Crippen LogP contribution in [0, 0.1) is 5.92 Å². The van der Waals surface area contributed by atoms with Gasteiger partial charge in [0.25, 0.3) is 11.5 Å². The van der Waals surface area contributed by atoms with E-state index in [4.69, 9.17) is 5.11 Å². The Labute approximate surface area is 129 Å². The van der Waals surface area contributed by atoms with Crippen LogP contribution in [0.5, 0.6) is 0 Å². The molecular formula is C14H15F3N2O4. The summed E-state index contributed by atoms with van der Waals surface area (Å²) in [6.45, 7) is -0.973. The van der Waals surface area contributed by atoms with Crippen LogP contribution in [0.4, 0.5) is 13.2 Å². The number of carboxylic acids is 1. The van der Waals surface area contributed by atoms with Gasteiger partial charge in [0.15, 0.2) is 0 Å². The number of hydrogen-bond donors (Lipinski definition) is 1. The molecule has 1 fully saturated rings. The fraction of sp³-hybridized carbons (Fsp3) is 0.500. The van der Waals surface area contributed by atoms with E-state index in [1.807, 2.05) is 0 Å². The number of alkyl halides is 3. The second-order valence-corrected chi connectivity index (χ2v) is 5.38. The fourth-order valence-electron chi connectivity index (χ4n) is 2.57. The molecule has 1 N–H and O–H groups in total. The molecule has 6 nitrogen and oxygen atoms in total. The highest BCUT2D eigenvalue weighted by atomic mass is 19.4. The molecule has 2 heterocycles. The number of piperidine rings is 1. The normalized spacial score (nSPS) is 18.7. The van der Waals surface area contributed by atoms with Crippen LogP contribution in [-0.2, 0) is 11.3 Å². The van der Waals surface area contributed by atoms with Crippen LogP contribution in [0.1, 0.15) is 23.2 Å². The Balaban J connectivity index is 2.23. The minimum absolute atomic E-state index is 0.0503. The number of aliphatic carboxylic acids is 1. The SMILES string of the molecule is O=C(O)Cn1cccc(C(=O)N2CCC[C@@H](C(F)(F)F)C2)c1=O. The average molecular weight is 332 g/mol. The highest BCUT2D eigenvalue weighted by Gasteiger charge is 2.43. The van der Waals surface area contributed by atoms with E-state index < -0.39 is 42.6 Å². The molecule has 1 aromatic rings. The molecule has 0 bridgehead atoms. The first-order valence-corrected chi connectivity index (χ1v) is 6.97. The van der Waals surface area contributed by atoms with Gasteiger partial charge in [0.1, 0.15) is 12.1 Å². The van der Waals surface area contributed by atoms with E-state index in [0.717, 1.165) is 9.47 Å². The summed E-state index contributed by atoms with van der Waals surface area (Å²) in [5, 5.41) is 8.71. The van der Waals surface area contributed by atoms with Crippen LogP contribution in [0.25, 0.3) is 0 Å². The van der Waals surface area contributed by atoms with Crippen molar-refractivity contribution in [3.63, 3.8) is 0 Å². The second kappa shape index (κ2) is 6.43. The van der Waals surface area contributed by atoms with Gasteiger partial charge in [-0.1, -0.05) is 0 Å². The van der Waals surface area contributed by atoms with Gasteiger partial charge < -0.3 is 14.6 Å². The number of carbonyl (C=O) groups is 2. The molecule has 0 spiro atoms. The van der Waals surface area contributed by atoms with Crippen molar-refractivity contribution in [2.24, 2.45) is 5.92 Å². The molecule has 2 rings (SSSR count). The van der Waals surface area contributed by atoms with E-state index in [1.54, 1.807) is 0 Å². The summed E-state index contributed by atoms with van der Waals surface area (Å²) in [7, 11) is 0. The number of rotatable bonds is 3. The van der Waals surface area contributed by atoms with E-state index >= 15 is 0 Å². The Morgan fingerprint density at radius 1 is 1.35 bits per heavy atom. The third kappa shape index (κ3) is 3.91. The monoisotopic (exact) mass is 332 g/mol. The van der Waals surface area contributed by atoms with Crippen LogP contribution >= 0.6 is 0 Å². The maximum absolute atomic E-state index is 12.8. The Kier molecular flexibility index (Phi) is 4.76. The topological polar surface area (TPSA) is 79.6 Å². The molecule has 1 aliphatic heterocycles. The Bertz CT molecular complexity index is 669. The lowest BCUT2D eigenvalue weighted by Crippen LogP contribution is -2.46. The van der Waals surface area contributed by atoms with Crippen molar-refractivity contribution in [2.75, 3.05) is 13.1 Å². The van der Waals surface area contributed by atoms with E-state index in [9.17, 15) is 27.6 Å². The third-order valence-corrected chi connectivity index (χ3v) is 3.73. The molecule has 9 heteroatoms. The number of aromatic nitrogens is 1. The van der Waals surface area contributed by atoms with Crippen molar-refractivity contribution < 1.29 is 27.9 Å². The first kappa shape index (κ1) is 17.0. The minimum Gasteiger partial charge on any atom is -0.480 e. The average Bonchev–Trinajstić information content (AvgIpc) is 2.47. The molecule has 1 saturated heterocycles. The smallest absolute Gasteiger partial charge is 0.393 e. The van der Waals surface area contributed by atoms with Gasteiger partial charge >= 0.3 is 12.1 Å². The van der Waals surface area contributed by atoms with Gasteiger partial charge in [0, 0.05) is 19.3 Å². The molecule has 0 radical (unpaired) electrons. The number of hydrogen-bond acceptors (Lipinski definition) is 3. The summed E-state index contributed by atoms with van der Waals surface area (Å²) in [4.78, 5) is 36.1. The van der Waals surface area contributed by atoms with Crippen LogP contribution in [0.2, 0.25) is 0 Å². The molecule has 126 valence electrons. The maximum Gasteiger partial charge on any atom is 0.393 e. The van der Waals surface area contributed by atoms with Crippen LogP contribution < -0.4 is 5.56 Å². The number of carboxylic acid groups (broad SMARTS) is 1. The van der Waals surface area contributed by atoms with E-state index in [2.05, 4.69) is 0 Å². The molecule has 0 unspecified atom stereocenters. The Hall–Kier alpha value is -2.32. The summed E-state index contributed by atoms with van der Waals surface area (Å²) in [6, 6.07) is 2.52. The Morgan fingerprint density at radius 3 is 2.65 bits per heavy atom. The zero-order valence-electron chi connectivity index (χ0n) is 12.0. The predicted molar refractivity (Wildman–Crippen MR) is 73.0 cm³/mol. The first-order valence-electron chi connectivity index (χ1n) is 6.97. The van der Waals surface area contributed by atoms with Gasteiger partial charge in [0.2, 0.25) is 0 Å². The lowest BCUT2D eigenvalue weighted by atomic mass is 9.97. The van der Waals surface area contributed by atoms with Gasteiger partial charge in [-0.3, -0.25) is 14.4 Å². The fourth-order valence-corrected chi connectivity index (χ4v) is 2.57. The maximum atomic E-state index is 12.8. The largest absolute Gasteiger partial charge is 0.480 e. The molecular weight excluding hydrogens is 317 g/mol. The van der Waals surface area contributed by atoms with Gasteiger partial charge in [-0.2, -0.15) is 13.2 Å². The van der Waals surface area contributed by atoms with Crippen molar-refractivity contribution in [2.45, 2.75) is 25.6 Å². The highest BCUT2D eigenvalue weighted by molar-refractivity contribution is 5.94. The molecule has 1 atom stereocenters. The van der Waals surface area contributed by atoms with Gasteiger partial charge in [-0.05, 0) is 25.0 Å². The summed E-state index contributed by atoms with van der Waals surface area (Å²) in [6.07, 6.45) is -3.03. The van der Waals surface area contributed by atoms with Crippen LogP contribution in [0.3, 0.4) is 0 Å². The van der Waals surface area contributed by atoms with Crippen LogP contribution in [0.15, 0.2) is 23.1 Å². The van der Waals surface area contributed by atoms with Gasteiger partial charge in [0.05, 0.1) is 5.92 Å². The third-order valence-electron chi connectivity index (χ3n) is 3.73. The quantitative estimate of drug-likeness (QED) is 0.906. The molecule has 23 heavy (non-hydrogen) atoms. The van der Waals surface area contributed by atoms with Gasteiger partial charge in [-0.25, -0.2) is 0 Å². The molecule has 0 saturated carbocycles. The predicted octanol–water partition coefficient (Wildman–Crippen LogP) is 1.35. The zero-order valence-corrected chi connectivity index (χ0v) is 12.0. The molecule has 1 aliphatic rings. The lowest BCUT2D eigenvalue weighted by molar-refractivity contribution is -0.184. The standard InChI is InChI=1S/C14H15F3N2O4/c15-14(16,17)9-3-1-5-18(7-9)12(22)10-4-2-6-19(13(10)23)8-11(20)21/h2,4,6,9H,1,3,5,7-8H2,(H,20,21)/t9-/m1/s1. The van der Waals surface area contributed by atoms with E-state index in [1.165, 1.54) is 18.3 Å². The minimum atomic E-state index is -4.39. The molecule has 1 amide bonds. The second-order valence-electron chi connectivity index (χ2n) is 5.38.